The second-order valence-corrected chi connectivity index (χ2v) is 10.4. The van der Waals surface area contributed by atoms with E-state index in [-0.39, 0.29) is 16.7 Å². The lowest BCUT2D eigenvalue weighted by molar-refractivity contribution is -0.160. The van der Waals surface area contributed by atoms with Gasteiger partial charge >= 0.3 is 21.6 Å². The van der Waals surface area contributed by atoms with Crippen molar-refractivity contribution < 1.29 is 45.1 Å². The summed E-state index contributed by atoms with van der Waals surface area (Å²) in [5, 5.41) is 9.95. The maximum atomic E-state index is 13.1. The number of hydrogen-bond acceptors (Lipinski definition) is 6. The molecule has 0 fully saturated rings. The molecule has 0 aromatic heterocycles. The van der Waals surface area contributed by atoms with Crippen LogP contribution in [0.1, 0.15) is 50.0 Å². The Morgan fingerprint density at radius 3 is 2.41 bits per heavy atom. The molecule has 2 aromatic rings. The third-order valence-corrected chi connectivity index (χ3v) is 6.03. The Balaban J connectivity index is 2.32. The minimum absolute atomic E-state index is 0.00558. The fourth-order valence-corrected chi connectivity index (χ4v) is 4.15. The third-order valence-electron chi connectivity index (χ3n) is 5.06. The predicted molar refractivity (Wildman–Crippen MR) is 117 cm³/mol. The molecule has 186 valence electrons. The summed E-state index contributed by atoms with van der Waals surface area (Å²) in [4.78, 5) is 12.2. The minimum atomic E-state index is -6.02. The highest BCUT2D eigenvalue weighted by Crippen LogP contribution is 2.44. The summed E-state index contributed by atoms with van der Waals surface area (Å²) in [7, 11) is -6.02. The first-order chi connectivity index (χ1) is 15.6. The van der Waals surface area contributed by atoms with Crippen LogP contribution in [0, 0.1) is 6.92 Å². The highest BCUT2D eigenvalue weighted by atomic mass is 32.2. The number of halogens is 3. The zero-order valence-electron chi connectivity index (χ0n) is 19.0. The molecule has 34 heavy (non-hydrogen) atoms. The van der Waals surface area contributed by atoms with Gasteiger partial charge in [0.1, 0.15) is 5.75 Å². The van der Waals surface area contributed by atoms with Crippen LogP contribution in [-0.4, -0.2) is 37.2 Å². The number of carboxylic acid groups (broad SMARTS) is 1. The first-order valence-corrected chi connectivity index (χ1v) is 11.8. The summed E-state index contributed by atoms with van der Waals surface area (Å²) < 4.78 is 78.9. The maximum Gasteiger partial charge on any atom is 0.534 e. The van der Waals surface area contributed by atoms with E-state index in [1.165, 1.54) is 12.1 Å². The lowest BCUT2D eigenvalue weighted by Crippen LogP contribution is -2.30. The number of aliphatic carboxylic acids is 1. The van der Waals surface area contributed by atoms with Gasteiger partial charge in [-0.2, -0.15) is 21.6 Å². The summed E-state index contributed by atoms with van der Waals surface area (Å²) in [5.74, 6) is -1.45. The molecular formula is C23H25F3O7S. The molecule has 0 amide bonds. The second kappa shape index (κ2) is 9.10. The van der Waals surface area contributed by atoms with Crippen molar-refractivity contribution in [2.45, 2.75) is 57.7 Å². The predicted octanol–water partition coefficient (Wildman–Crippen LogP) is 5.16. The number of alkyl halides is 3. The van der Waals surface area contributed by atoms with E-state index in [9.17, 15) is 31.5 Å². The van der Waals surface area contributed by atoms with Gasteiger partial charge in [0.15, 0.2) is 11.9 Å². The molecule has 1 heterocycles. The molecule has 1 N–H and O–H groups in total. The average molecular weight is 503 g/mol. The summed E-state index contributed by atoms with van der Waals surface area (Å²) in [6.45, 7) is 6.96. The van der Waals surface area contributed by atoms with Crippen LogP contribution in [0.4, 0.5) is 13.2 Å². The number of hydrogen-bond donors (Lipinski definition) is 1. The first kappa shape index (κ1) is 25.8. The fourth-order valence-electron chi connectivity index (χ4n) is 3.68. The van der Waals surface area contributed by atoms with E-state index in [0.29, 0.717) is 30.8 Å². The molecule has 0 saturated carbocycles. The Labute approximate surface area is 195 Å². The van der Waals surface area contributed by atoms with Crippen molar-refractivity contribution in [3.05, 3.63) is 47.0 Å². The molecule has 3 rings (SSSR count). The summed E-state index contributed by atoms with van der Waals surface area (Å²) >= 11 is 0. The van der Waals surface area contributed by atoms with E-state index in [1.54, 1.807) is 39.8 Å². The standard InChI is InChI=1S/C23H25F3O7S/c1-13-7-9-17(33-34(29,30)23(24,25)26)19(18(13)20(21(27)28)32-22(2,3)4)15-8-10-16-14(12-15)6-5-11-31-16/h7-10,12,20H,5-6,11H2,1-4H3,(H,27,28)/t20-/m0/s1. The van der Waals surface area contributed by atoms with Gasteiger partial charge in [0.05, 0.1) is 12.2 Å². The monoisotopic (exact) mass is 502 g/mol. The summed E-state index contributed by atoms with van der Waals surface area (Å²) in [6, 6.07) is 7.13. The molecule has 1 atom stereocenters. The van der Waals surface area contributed by atoms with Crippen molar-refractivity contribution in [2.24, 2.45) is 0 Å². The SMILES string of the molecule is Cc1ccc(OS(=O)(=O)C(F)(F)F)c(-c2ccc3c(c2)CCCO3)c1[C@H](OC(C)(C)C)C(=O)O. The van der Waals surface area contributed by atoms with Crippen molar-refractivity contribution in [2.75, 3.05) is 6.61 Å². The lowest BCUT2D eigenvalue weighted by atomic mass is 9.89. The lowest BCUT2D eigenvalue weighted by Gasteiger charge is -2.29. The zero-order valence-corrected chi connectivity index (χ0v) is 19.8. The van der Waals surface area contributed by atoms with Gasteiger partial charge in [0, 0.05) is 11.1 Å². The van der Waals surface area contributed by atoms with Gasteiger partial charge in [-0.3, -0.25) is 0 Å². The number of fused-ring (bicyclic) bond motifs is 1. The largest absolute Gasteiger partial charge is 0.534 e. The van der Waals surface area contributed by atoms with Crippen molar-refractivity contribution in [3.8, 4) is 22.6 Å². The minimum Gasteiger partial charge on any atom is -0.493 e. The number of aryl methyl sites for hydroxylation is 2. The van der Waals surface area contributed by atoms with Gasteiger partial charge in [-0.25, -0.2) is 4.79 Å². The average Bonchev–Trinajstić information content (AvgIpc) is 2.71. The van der Waals surface area contributed by atoms with Crippen LogP contribution < -0.4 is 8.92 Å². The van der Waals surface area contributed by atoms with Gasteiger partial charge in [-0.15, -0.1) is 0 Å². The first-order valence-electron chi connectivity index (χ1n) is 10.4. The number of benzene rings is 2. The van der Waals surface area contributed by atoms with Crippen LogP contribution >= 0.6 is 0 Å². The van der Waals surface area contributed by atoms with E-state index in [2.05, 4.69) is 4.18 Å². The second-order valence-electron chi connectivity index (χ2n) is 8.88. The van der Waals surface area contributed by atoms with E-state index < -0.39 is 39.1 Å². The van der Waals surface area contributed by atoms with E-state index in [0.717, 1.165) is 11.6 Å². The highest BCUT2D eigenvalue weighted by molar-refractivity contribution is 7.88. The molecule has 0 radical (unpaired) electrons. The van der Waals surface area contributed by atoms with Crippen LogP contribution in [0.15, 0.2) is 30.3 Å². The van der Waals surface area contributed by atoms with Crippen molar-refractivity contribution >= 4 is 16.1 Å². The Morgan fingerprint density at radius 2 is 1.82 bits per heavy atom. The Hall–Kier alpha value is -2.79. The molecule has 0 unspecified atom stereocenters. The zero-order chi connectivity index (χ0) is 25.5. The van der Waals surface area contributed by atoms with E-state index in [1.807, 2.05) is 0 Å². The Morgan fingerprint density at radius 1 is 1.15 bits per heavy atom. The van der Waals surface area contributed by atoms with Crippen molar-refractivity contribution in [1.29, 1.82) is 0 Å². The number of ether oxygens (including phenoxy) is 2. The van der Waals surface area contributed by atoms with Gasteiger partial charge in [-0.1, -0.05) is 12.1 Å². The molecule has 1 aliphatic rings. The van der Waals surface area contributed by atoms with E-state index >= 15 is 0 Å². The van der Waals surface area contributed by atoms with Crippen LogP contribution in [0.3, 0.4) is 0 Å². The molecule has 0 aliphatic carbocycles. The Kier molecular flexibility index (Phi) is 6.92. The normalized spacial score (nSPS) is 15.3. The molecule has 0 saturated heterocycles. The van der Waals surface area contributed by atoms with Crippen LogP contribution in [-0.2, 0) is 26.1 Å². The third kappa shape index (κ3) is 5.47. The van der Waals surface area contributed by atoms with Gasteiger partial charge < -0.3 is 18.8 Å². The molecule has 0 bridgehead atoms. The van der Waals surface area contributed by atoms with Crippen LogP contribution in [0.25, 0.3) is 11.1 Å². The van der Waals surface area contributed by atoms with Gasteiger partial charge in [0.2, 0.25) is 0 Å². The molecule has 2 aromatic carbocycles. The topological polar surface area (TPSA) is 99.1 Å². The molecular weight excluding hydrogens is 477 g/mol. The van der Waals surface area contributed by atoms with Crippen molar-refractivity contribution in [1.82, 2.24) is 0 Å². The van der Waals surface area contributed by atoms with Crippen molar-refractivity contribution in [3.63, 3.8) is 0 Å². The molecule has 0 spiro atoms. The number of carbonyl (C=O) groups is 1. The Bertz CT molecular complexity index is 1200. The van der Waals surface area contributed by atoms with E-state index in [4.69, 9.17) is 9.47 Å². The quantitative estimate of drug-likeness (QED) is 0.431. The number of carboxylic acids is 1. The molecule has 11 heteroatoms. The summed E-state index contributed by atoms with van der Waals surface area (Å²) in [5.41, 5.74) is -5.33. The smallest absolute Gasteiger partial charge is 0.493 e. The van der Waals surface area contributed by atoms with Gasteiger partial charge in [0.25, 0.3) is 0 Å². The van der Waals surface area contributed by atoms with Crippen LogP contribution in [0.2, 0.25) is 0 Å². The fraction of sp³-hybridized carbons (Fsp3) is 0.435. The van der Waals surface area contributed by atoms with Gasteiger partial charge in [-0.05, 0) is 75.4 Å². The molecule has 7 nitrogen and oxygen atoms in total. The van der Waals surface area contributed by atoms with Crippen LogP contribution in [0.5, 0.6) is 11.5 Å². The summed E-state index contributed by atoms with van der Waals surface area (Å²) in [6.07, 6.45) is -0.268. The number of rotatable bonds is 6. The highest BCUT2D eigenvalue weighted by Gasteiger charge is 2.49. The molecule has 1 aliphatic heterocycles. The maximum absolute atomic E-state index is 13.1.